The van der Waals surface area contributed by atoms with Gasteiger partial charge < -0.3 is 12.6 Å². The van der Waals surface area contributed by atoms with Crippen LogP contribution in [-0.2, 0) is 27.0 Å². The fourth-order valence-corrected chi connectivity index (χ4v) is 5.95. The molecule has 0 amide bonds. The maximum absolute atomic E-state index is 10.6. The maximum Gasteiger partial charge on any atom is 1.00 e. The molecule has 2 aromatic heterocycles. The second-order valence-corrected chi connectivity index (χ2v) is 16.4. The molecule has 6 aromatic rings. The number of aryl methyl sites for hydroxylation is 2. The molecule has 8 nitrogen and oxygen atoms in total. The quantitative estimate of drug-likeness (QED) is 0.0435. The average Bonchev–Trinajstić information content (AvgIpc) is 3.60. The molecule has 0 atom stereocenters. The molecule has 0 bridgehead atoms. The summed E-state index contributed by atoms with van der Waals surface area (Å²) in [7, 11) is -3.62. The Morgan fingerprint density at radius 2 is 1.35 bits per heavy atom. The molecule has 286 valence electrons. The van der Waals surface area contributed by atoms with Gasteiger partial charge in [0.05, 0.1) is 6.26 Å². The number of nitriles is 1. The van der Waals surface area contributed by atoms with E-state index in [4.69, 9.17) is 16.9 Å². The molecule has 0 fully saturated rings. The normalized spacial score (nSPS) is 9.67. The van der Waals surface area contributed by atoms with Gasteiger partial charge in [-0.2, -0.15) is 12.8 Å². The molecule has 0 N–H and O–H groups in total. The number of halogens is 3. The minimum absolute atomic E-state index is 0. The van der Waals surface area contributed by atoms with E-state index in [-0.39, 0.29) is 49.6 Å². The molecule has 0 unspecified atom stereocenters. The van der Waals surface area contributed by atoms with Crippen LogP contribution in [0.1, 0.15) is 31.5 Å². The largest absolute Gasteiger partial charge is 1.00 e. The number of aromatic nitrogens is 3. The Hall–Kier alpha value is -2.33. The first kappa shape index (κ1) is 54.8. The van der Waals surface area contributed by atoms with Crippen molar-refractivity contribution in [3.8, 4) is 16.8 Å². The van der Waals surface area contributed by atoms with Gasteiger partial charge in [0.2, 0.25) is 0 Å². The number of nitrogens with zero attached hydrogens (tertiary/aromatic N) is 5. The summed E-state index contributed by atoms with van der Waals surface area (Å²) in [5, 5.41) is 11.7. The van der Waals surface area contributed by atoms with Crippen molar-refractivity contribution < 1.29 is 42.3 Å². The molecule has 0 aliphatic rings. The van der Waals surface area contributed by atoms with Gasteiger partial charge in [-0.1, -0.05) is 146 Å². The summed E-state index contributed by atoms with van der Waals surface area (Å²) in [5.74, 6) is 0.789. The number of rotatable bonds is 6. The fourth-order valence-electron chi connectivity index (χ4n) is 3.27. The van der Waals surface area contributed by atoms with Gasteiger partial charge in [-0.05, 0) is 86.0 Å². The van der Waals surface area contributed by atoms with Gasteiger partial charge in [-0.3, -0.25) is 9.27 Å². The number of thiol groups is 1. The third-order valence-corrected chi connectivity index (χ3v) is 9.42. The average molecular weight is 992 g/mol. The Bertz CT molecular complexity index is 2040. The van der Waals surface area contributed by atoms with Gasteiger partial charge >= 0.3 is 39.7 Å². The summed E-state index contributed by atoms with van der Waals surface area (Å²) in [6.45, 7) is 4.15. The van der Waals surface area contributed by atoms with Gasteiger partial charge in [-0.15, -0.1) is 12.6 Å². The van der Waals surface area contributed by atoms with Crippen molar-refractivity contribution in [2.45, 2.75) is 42.8 Å². The van der Waals surface area contributed by atoms with Gasteiger partial charge in [0.25, 0.3) is 0 Å². The summed E-state index contributed by atoms with van der Waals surface area (Å²) < 4.78 is 32.8. The van der Waals surface area contributed by atoms with E-state index in [1.165, 1.54) is 33.0 Å². The molecular weight excluding hydrogens is 953 g/mol. The standard InChI is InChI=1S/C15H11BrN2S2.C8H7BrClNO3S.C7H8S.C5H5N.CHNS.2CH4.Na/c1-10-2-8-13(9-3-10)19-15-17-14(18-20-15)11-4-6-12(16)7-5-11;1-15(12,13)14-11-8(10)6-2-4-7(9)5-3-6;1-6-2-4-7(8)5-3-6;1-2-4-6-5-3-1;2-1-3;;;/h2-9H,1H3;2-5H,1H3;2-5,8H,1H3;1-5H;3H;2*1H4;/q;;;;;;;+1/p-1/b;11-8+;;;;;;. The Morgan fingerprint density at radius 3 is 1.76 bits per heavy atom. The third-order valence-electron chi connectivity index (χ3n) is 5.67. The van der Waals surface area contributed by atoms with E-state index in [2.05, 4.69) is 119 Å². The molecule has 55 heavy (non-hydrogen) atoms. The van der Waals surface area contributed by atoms with E-state index in [0.29, 0.717) is 5.56 Å². The zero-order valence-electron chi connectivity index (χ0n) is 28.8. The van der Waals surface area contributed by atoms with E-state index in [0.717, 1.165) is 35.8 Å². The maximum atomic E-state index is 10.6. The van der Waals surface area contributed by atoms with Gasteiger partial charge in [0.15, 0.2) is 15.3 Å². The topological polar surface area (TPSA) is 118 Å². The van der Waals surface area contributed by atoms with Crippen LogP contribution in [0.3, 0.4) is 0 Å². The fraction of sp³-hybridized carbons (Fsp3) is 0.132. The number of pyridine rings is 1. The summed E-state index contributed by atoms with van der Waals surface area (Å²) in [4.78, 5) is 10.6. The Labute approximate surface area is 389 Å². The van der Waals surface area contributed by atoms with Crippen molar-refractivity contribution in [2.75, 3.05) is 6.26 Å². The van der Waals surface area contributed by atoms with Crippen molar-refractivity contribution in [1.29, 1.82) is 5.26 Å². The number of oxime groups is 1. The Morgan fingerprint density at radius 1 is 0.873 bits per heavy atom. The van der Waals surface area contributed by atoms with Crippen molar-refractivity contribution in [3.05, 3.63) is 153 Å². The zero-order chi connectivity index (χ0) is 38.4. The predicted octanol–water partition coefficient (Wildman–Crippen LogP) is 9.41. The van der Waals surface area contributed by atoms with Crippen LogP contribution in [0.2, 0.25) is 0 Å². The molecular formula is C38H39Br2ClN5NaO3S5. The van der Waals surface area contributed by atoms with Crippen LogP contribution in [0.25, 0.3) is 11.4 Å². The third kappa shape index (κ3) is 25.5. The van der Waals surface area contributed by atoms with E-state index >= 15 is 0 Å². The van der Waals surface area contributed by atoms with Crippen molar-refractivity contribution in [2.24, 2.45) is 5.16 Å². The molecule has 0 aliphatic heterocycles. The minimum Gasteiger partial charge on any atom is -0.696 e. The molecule has 0 spiro atoms. The SMILES string of the molecule is C.C.CS(=O)(=O)O/N=C(/Cl)c1ccc(Br)cc1.Cc1ccc(S)cc1.Cc1ccc(Sc2nc(-c3ccc(Br)cc3)ns2)cc1.N#C[S-].[Na+].c1ccncc1. The molecule has 4 aromatic carbocycles. The molecule has 0 saturated carbocycles. The molecule has 2 heterocycles. The molecule has 0 saturated heterocycles. The minimum atomic E-state index is -3.62. The van der Waals surface area contributed by atoms with E-state index in [9.17, 15) is 8.42 Å². The summed E-state index contributed by atoms with van der Waals surface area (Å²) in [5.41, 5.74) is 4.16. The van der Waals surface area contributed by atoms with Crippen molar-refractivity contribution >= 4 is 107 Å². The van der Waals surface area contributed by atoms with Crippen molar-refractivity contribution in [1.82, 2.24) is 14.3 Å². The number of benzene rings is 4. The number of hydrogen-bond acceptors (Lipinski definition) is 12. The molecule has 17 heteroatoms. The number of thiocyanates is 1. The summed E-state index contributed by atoms with van der Waals surface area (Å²) in [6.07, 6.45) is 4.39. The second-order valence-electron chi connectivity index (χ2n) is 9.92. The van der Waals surface area contributed by atoms with Crippen LogP contribution in [0.5, 0.6) is 0 Å². The van der Waals surface area contributed by atoms with Gasteiger partial charge in [-0.25, -0.2) is 10.2 Å². The zero-order valence-corrected chi connectivity index (χ0v) is 38.9. The first-order chi connectivity index (χ1) is 24.8. The number of hydrogen-bond donors (Lipinski definition) is 1. The van der Waals surface area contributed by atoms with Crippen LogP contribution in [-0.4, -0.2) is 34.2 Å². The first-order valence-corrected chi connectivity index (χ1v) is 20.9. The van der Waals surface area contributed by atoms with Gasteiger partial charge in [0, 0.05) is 42.3 Å². The summed E-state index contributed by atoms with van der Waals surface area (Å²) >= 11 is 23.3. The van der Waals surface area contributed by atoms with Crippen molar-refractivity contribution in [3.63, 3.8) is 0 Å². The van der Waals surface area contributed by atoms with Crippen LogP contribution < -0.4 is 29.6 Å². The monoisotopic (exact) mass is 989 g/mol. The molecule has 0 radical (unpaired) electrons. The summed E-state index contributed by atoms with van der Waals surface area (Å²) in [6, 6.07) is 37.1. The first-order valence-electron chi connectivity index (χ1n) is 14.6. The van der Waals surface area contributed by atoms with Crippen LogP contribution in [0.15, 0.2) is 156 Å². The van der Waals surface area contributed by atoms with E-state index in [1.807, 2.05) is 66.7 Å². The second kappa shape index (κ2) is 30.8. The van der Waals surface area contributed by atoms with E-state index in [1.54, 1.807) is 48.4 Å². The van der Waals surface area contributed by atoms with Crippen LogP contribution in [0, 0.1) is 24.5 Å². The smallest absolute Gasteiger partial charge is 0.696 e. The predicted molar refractivity (Wildman–Crippen MR) is 240 cm³/mol. The van der Waals surface area contributed by atoms with Gasteiger partial charge in [0.1, 0.15) is 0 Å². The van der Waals surface area contributed by atoms with Crippen LogP contribution in [0.4, 0.5) is 0 Å². The van der Waals surface area contributed by atoms with Crippen LogP contribution >= 0.6 is 79.4 Å². The van der Waals surface area contributed by atoms with E-state index < -0.39 is 10.1 Å². The molecule has 0 aliphatic carbocycles. The Kier molecular flexibility index (Phi) is 30.6. The Balaban J connectivity index is 0. The molecule has 6 rings (SSSR count).